The normalized spacial score (nSPS) is 13.5. The third kappa shape index (κ3) is 12.0. The van der Waals surface area contributed by atoms with Gasteiger partial charge in [-0.15, -0.1) is 15.3 Å². The van der Waals surface area contributed by atoms with Crippen LogP contribution >= 0.6 is 0 Å². The van der Waals surface area contributed by atoms with Crippen LogP contribution in [0.3, 0.4) is 0 Å². The second-order valence-corrected chi connectivity index (χ2v) is 23.7. The van der Waals surface area contributed by atoms with Gasteiger partial charge in [0.05, 0.1) is 17.1 Å². The number of phenolic OH excluding ortho intramolecular Hbond substituents is 3. The van der Waals surface area contributed by atoms with Gasteiger partial charge < -0.3 is 15.3 Å². The largest absolute Gasteiger partial charge is 0.505 e. The number of aromatic hydroxyl groups is 3. The van der Waals surface area contributed by atoms with Crippen molar-refractivity contribution in [2.24, 2.45) is 42.5 Å². The molecule has 0 aliphatic heterocycles. The number of benzene rings is 9. The highest BCUT2D eigenvalue weighted by molar-refractivity contribution is 7.86. The molecule has 0 amide bonds. The number of hydrogen-bond donors (Lipinski definition) is 6. The molecule has 18 nitrogen and oxygen atoms in total. The maximum Gasteiger partial charge on any atom is 0.295 e. The van der Waals surface area contributed by atoms with Gasteiger partial charge in [0.25, 0.3) is 30.4 Å². The van der Waals surface area contributed by atoms with E-state index in [-0.39, 0.29) is 90.3 Å². The van der Waals surface area contributed by atoms with Crippen molar-refractivity contribution in [3.63, 3.8) is 0 Å². The Morgan fingerprint density at radius 3 is 0.988 bits per heavy atom. The average Bonchev–Trinajstić information content (AvgIpc) is 3.55. The van der Waals surface area contributed by atoms with Gasteiger partial charge in [-0.05, 0) is 82.6 Å². The molecule has 81 heavy (non-hydrogen) atoms. The van der Waals surface area contributed by atoms with Crippen molar-refractivity contribution < 1.29 is 54.2 Å². The van der Waals surface area contributed by atoms with Gasteiger partial charge in [0.15, 0.2) is 17.2 Å². The van der Waals surface area contributed by atoms with E-state index in [9.17, 15) is 54.2 Å². The molecular weight excluding hydrogens is 1090 g/mol. The maximum atomic E-state index is 12.7. The first kappa shape index (κ1) is 57.4. The first-order valence-electron chi connectivity index (χ1n) is 25.9. The number of nitrogens with zero attached hydrogens (tertiary/aromatic N) is 6. The van der Waals surface area contributed by atoms with E-state index >= 15 is 0 Å². The summed E-state index contributed by atoms with van der Waals surface area (Å²) in [6, 6.07) is 42.2. The van der Waals surface area contributed by atoms with E-state index in [0.29, 0.717) is 29.9 Å². The van der Waals surface area contributed by atoms with Crippen molar-refractivity contribution in [2.45, 2.75) is 79.9 Å². The zero-order chi connectivity index (χ0) is 58.0. The van der Waals surface area contributed by atoms with E-state index in [4.69, 9.17) is 5.11 Å². The lowest BCUT2D eigenvalue weighted by Crippen LogP contribution is -2.16. The molecule has 416 valence electrons. The lowest BCUT2D eigenvalue weighted by Gasteiger charge is -2.31. The molecule has 9 rings (SSSR count). The van der Waals surface area contributed by atoms with E-state index in [1.54, 1.807) is 60.7 Å². The van der Waals surface area contributed by atoms with Gasteiger partial charge in [0, 0.05) is 44.2 Å². The summed E-state index contributed by atoms with van der Waals surface area (Å²) < 4.78 is 105. The fraction of sp³-hybridized carbons (Fsp3) is 0.200. The Hall–Kier alpha value is -8.31. The molecule has 0 aliphatic carbocycles. The minimum atomic E-state index is -4.78. The van der Waals surface area contributed by atoms with E-state index in [1.165, 1.54) is 36.4 Å². The third-order valence-electron chi connectivity index (χ3n) is 14.8. The first-order chi connectivity index (χ1) is 38.6. The highest BCUT2D eigenvalue weighted by Gasteiger charge is 2.30. The Balaban J connectivity index is 1.16. The van der Waals surface area contributed by atoms with E-state index in [1.807, 2.05) is 36.4 Å². The summed E-state index contributed by atoms with van der Waals surface area (Å²) in [6.07, 6.45) is 3.00. The fourth-order valence-electron chi connectivity index (χ4n) is 10.7. The molecule has 0 heterocycles. The Morgan fingerprint density at radius 1 is 0.346 bits per heavy atom. The quantitative estimate of drug-likeness (QED) is 0.0325. The fourth-order valence-corrected chi connectivity index (χ4v) is 12.9. The van der Waals surface area contributed by atoms with Crippen LogP contribution in [0.25, 0.3) is 32.3 Å². The molecule has 9 aromatic carbocycles. The molecule has 0 aliphatic rings. The first-order valence-corrected chi connectivity index (χ1v) is 30.2. The van der Waals surface area contributed by atoms with E-state index in [0.717, 1.165) is 53.3 Å². The van der Waals surface area contributed by atoms with Gasteiger partial charge in [-0.1, -0.05) is 163 Å². The van der Waals surface area contributed by atoms with Crippen LogP contribution in [0.1, 0.15) is 87.5 Å². The van der Waals surface area contributed by atoms with Crippen molar-refractivity contribution in [1.29, 1.82) is 0 Å². The SMILES string of the molecule is CCC(CC)C(c1ccc(N=Nc2cc(S(=O)(=O)O)c3ccccc3c2O)cc1)c1ccc(N=Nc2cc(S(=O)(=O)O)c3ccccc3c2O)c(C(c2ccc(N=Nc3cc(S(=O)(=O)O)c4ccccc4c3O)cc2)C(CC)CC)c1. The summed E-state index contributed by atoms with van der Waals surface area (Å²) in [5.41, 5.74) is 4.04. The zero-order valence-corrected chi connectivity index (χ0v) is 46.6. The lowest BCUT2D eigenvalue weighted by molar-refractivity contribution is 0.431. The van der Waals surface area contributed by atoms with Crippen molar-refractivity contribution in [1.82, 2.24) is 0 Å². The Kier molecular flexibility index (Phi) is 16.6. The van der Waals surface area contributed by atoms with Crippen LogP contribution in [0.2, 0.25) is 0 Å². The molecule has 21 heteroatoms. The number of azo groups is 3. The molecule has 0 radical (unpaired) electrons. The number of hydrogen-bond acceptors (Lipinski definition) is 15. The topological polar surface area (TPSA) is 298 Å². The van der Waals surface area contributed by atoms with Gasteiger partial charge in [-0.3, -0.25) is 13.7 Å². The maximum absolute atomic E-state index is 12.7. The van der Waals surface area contributed by atoms with Gasteiger partial charge >= 0.3 is 0 Å². The van der Waals surface area contributed by atoms with Crippen LogP contribution in [0.5, 0.6) is 17.2 Å². The minimum Gasteiger partial charge on any atom is -0.505 e. The summed E-state index contributed by atoms with van der Waals surface area (Å²) in [4.78, 5) is -1.33. The van der Waals surface area contributed by atoms with Crippen LogP contribution in [-0.2, 0) is 30.4 Å². The van der Waals surface area contributed by atoms with Crippen LogP contribution in [0.4, 0.5) is 34.1 Å². The van der Waals surface area contributed by atoms with E-state index < -0.39 is 45.0 Å². The van der Waals surface area contributed by atoms with Crippen LogP contribution in [-0.4, -0.2) is 54.2 Å². The minimum absolute atomic E-state index is 0.0119. The summed E-state index contributed by atoms with van der Waals surface area (Å²) in [7, 11) is -14.2. The molecule has 0 spiro atoms. The predicted octanol–water partition coefficient (Wildman–Crippen LogP) is 16.4. The van der Waals surface area contributed by atoms with Crippen molar-refractivity contribution in [3.05, 3.63) is 180 Å². The number of phenols is 3. The van der Waals surface area contributed by atoms with Gasteiger partial charge in [0.2, 0.25) is 0 Å². The summed E-state index contributed by atoms with van der Waals surface area (Å²) in [6.45, 7) is 8.38. The molecule has 2 atom stereocenters. The summed E-state index contributed by atoms with van der Waals surface area (Å²) in [5, 5.41) is 60.8. The third-order valence-corrected chi connectivity index (χ3v) is 17.5. The van der Waals surface area contributed by atoms with Gasteiger partial charge in [0.1, 0.15) is 31.7 Å². The molecule has 0 saturated heterocycles. The Labute approximate surface area is 468 Å². The van der Waals surface area contributed by atoms with Crippen LogP contribution in [0, 0.1) is 11.8 Å². The van der Waals surface area contributed by atoms with Crippen LogP contribution < -0.4 is 0 Å². The molecule has 6 N–H and O–H groups in total. The molecule has 0 aromatic heterocycles. The summed E-state index contributed by atoms with van der Waals surface area (Å²) >= 11 is 0. The molecule has 2 unspecified atom stereocenters. The Morgan fingerprint density at radius 2 is 0.642 bits per heavy atom. The van der Waals surface area contributed by atoms with Gasteiger partial charge in [-0.25, -0.2) is 0 Å². The molecular formula is C60H56N6O12S3. The van der Waals surface area contributed by atoms with Crippen molar-refractivity contribution >= 4 is 96.8 Å². The lowest BCUT2D eigenvalue weighted by atomic mass is 9.74. The van der Waals surface area contributed by atoms with Crippen molar-refractivity contribution in [3.8, 4) is 17.2 Å². The number of fused-ring (bicyclic) bond motifs is 3. The molecule has 9 aromatic rings. The zero-order valence-electron chi connectivity index (χ0n) is 44.2. The van der Waals surface area contributed by atoms with Crippen LogP contribution in [0.15, 0.2) is 203 Å². The highest BCUT2D eigenvalue weighted by atomic mass is 32.2. The smallest absolute Gasteiger partial charge is 0.295 e. The Bertz CT molecular complexity index is 4320. The molecule has 0 fully saturated rings. The highest BCUT2D eigenvalue weighted by Crippen LogP contribution is 2.48. The second kappa shape index (κ2) is 23.4. The average molecular weight is 1150 g/mol. The van der Waals surface area contributed by atoms with Gasteiger partial charge in [-0.2, -0.15) is 40.6 Å². The predicted molar refractivity (Wildman–Crippen MR) is 310 cm³/mol. The van der Waals surface area contributed by atoms with Crippen molar-refractivity contribution in [2.75, 3.05) is 0 Å². The summed E-state index contributed by atoms with van der Waals surface area (Å²) in [5.74, 6) is -1.48. The number of rotatable bonds is 19. The molecule has 0 saturated carbocycles. The standard InChI is InChI=1S/C60H56N6O12S3/c1-5-35(6-2)56(37-21-26-40(27-22-37)61-64-50-32-53(79(70,71)72)42-15-9-12-18-45(42)58(50)67)39-25-30-49(63-66-52-34-55(81(76,77)78)44-17-11-14-20-47(44)60(52)69)48(31-39)57(36(7-3)8-4)38-23-28-41(29-24-38)62-65-51-33-54(80(73,74)75)43-16-10-13-19-46(43)59(51)68/h9-36,56-57,67-69H,5-8H2,1-4H3,(H,70,71,72)(H,73,74,75)(H,76,77,78). The monoisotopic (exact) mass is 1150 g/mol. The van der Waals surface area contributed by atoms with E-state index in [2.05, 4.69) is 59.3 Å². The second-order valence-electron chi connectivity index (χ2n) is 19.5. The molecule has 0 bridgehead atoms.